The smallest absolute Gasteiger partial charge is 0.181 e. The first-order valence-corrected chi connectivity index (χ1v) is 9.55. The van der Waals surface area contributed by atoms with Crippen molar-refractivity contribution in [2.24, 2.45) is 0 Å². The van der Waals surface area contributed by atoms with Gasteiger partial charge in [0.25, 0.3) is 0 Å². The lowest BCUT2D eigenvalue weighted by Crippen LogP contribution is -2.26. The van der Waals surface area contributed by atoms with Crippen LogP contribution in [0.5, 0.6) is 0 Å². The van der Waals surface area contributed by atoms with Crippen LogP contribution in [0.4, 0.5) is 0 Å². The van der Waals surface area contributed by atoms with Crippen molar-refractivity contribution in [3.8, 4) is 0 Å². The number of thioether (sulfide) groups is 1. The van der Waals surface area contributed by atoms with Crippen molar-refractivity contribution in [2.75, 3.05) is 12.8 Å². The van der Waals surface area contributed by atoms with Crippen LogP contribution in [0.3, 0.4) is 0 Å². The van der Waals surface area contributed by atoms with E-state index in [4.69, 9.17) is 12.2 Å². The molecule has 3 rings (SSSR count). The monoisotopic (exact) mass is 337 g/mol. The molecule has 2 aromatic rings. The van der Waals surface area contributed by atoms with E-state index in [9.17, 15) is 0 Å². The number of benzene rings is 1. The third kappa shape index (κ3) is 3.39. The second-order valence-electron chi connectivity index (χ2n) is 5.36. The Labute approximate surface area is 139 Å². The van der Waals surface area contributed by atoms with E-state index in [1.54, 1.807) is 23.1 Å². The third-order valence-electron chi connectivity index (χ3n) is 3.90. The van der Waals surface area contributed by atoms with E-state index in [1.807, 2.05) is 10.9 Å². The number of aromatic nitrogens is 2. The van der Waals surface area contributed by atoms with Gasteiger partial charge in [-0.15, -0.1) is 0 Å². The van der Waals surface area contributed by atoms with Gasteiger partial charge >= 0.3 is 0 Å². The van der Waals surface area contributed by atoms with E-state index < -0.39 is 0 Å². The number of nitrogens with zero attached hydrogens (tertiary/aromatic N) is 3. The Balaban J connectivity index is 1.79. The quantitative estimate of drug-likeness (QED) is 0.605. The van der Waals surface area contributed by atoms with Gasteiger partial charge in [-0.05, 0) is 43.8 Å². The zero-order valence-corrected chi connectivity index (χ0v) is 14.7. The van der Waals surface area contributed by atoms with Crippen LogP contribution in [0.15, 0.2) is 28.6 Å². The van der Waals surface area contributed by atoms with Gasteiger partial charge in [0, 0.05) is 12.6 Å². The second-order valence-corrected chi connectivity index (χ2v) is 8.04. The van der Waals surface area contributed by atoms with E-state index in [2.05, 4.69) is 41.2 Å². The van der Waals surface area contributed by atoms with Gasteiger partial charge in [-0.25, -0.2) is 4.68 Å². The predicted molar refractivity (Wildman–Crippen MR) is 92.6 cm³/mol. The van der Waals surface area contributed by atoms with E-state index in [-0.39, 0.29) is 0 Å². The molecule has 6 heteroatoms. The molecule has 0 radical (unpaired) electrons. The maximum Gasteiger partial charge on any atom is 0.181 e. The summed E-state index contributed by atoms with van der Waals surface area (Å²) < 4.78 is 3.89. The van der Waals surface area contributed by atoms with Crippen molar-refractivity contribution < 1.29 is 0 Å². The minimum atomic E-state index is 0.493. The number of hydrogen-bond acceptors (Lipinski definition) is 5. The number of likely N-dealkylation sites (tertiary alicyclic amines) is 1. The molecule has 0 saturated carbocycles. The molecule has 1 aliphatic heterocycles. The lowest BCUT2D eigenvalue weighted by atomic mass is 10.0. The van der Waals surface area contributed by atoms with Crippen LogP contribution < -0.4 is 0 Å². The fraction of sp³-hybridized carbons (Fsp3) is 0.467. The van der Waals surface area contributed by atoms with Gasteiger partial charge in [-0.2, -0.15) is 5.10 Å². The fourth-order valence-electron chi connectivity index (χ4n) is 2.79. The highest BCUT2D eigenvalue weighted by atomic mass is 32.2. The number of rotatable bonds is 4. The van der Waals surface area contributed by atoms with Crippen LogP contribution >= 0.6 is 35.3 Å². The summed E-state index contributed by atoms with van der Waals surface area (Å²) in [7, 11) is 0. The molecule has 0 bridgehead atoms. The van der Waals surface area contributed by atoms with Crippen molar-refractivity contribution in [1.29, 1.82) is 0 Å². The molecular weight excluding hydrogens is 318 g/mol. The van der Waals surface area contributed by atoms with E-state index in [0.29, 0.717) is 6.04 Å². The summed E-state index contributed by atoms with van der Waals surface area (Å²) in [5, 5.41) is 4.59. The Kier molecular flexibility index (Phi) is 4.78. The first-order valence-electron chi connectivity index (χ1n) is 7.10. The average molecular weight is 338 g/mol. The zero-order chi connectivity index (χ0) is 14.8. The van der Waals surface area contributed by atoms with E-state index in [1.165, 1.54) is 24.0 Å². The van der Waals surface area contributed by atoms with E-state index >= 15 is 0 Å². The van der Waals surface area contributed by atoms with Crippen molar-refractivity contribution in [2.45, 2.75) is 36.8 Å². The topological polar surface area (TPSA) is 21.1 Å². The molecule has 2 heterocycles. The third-order valence-corrected chi connectivity index (χ3v) is 6.19. The van der Waals surface area contributed by atoms with Crippen LogP contribution in [0.2, 0.25) is 0 Å². The van der Waals surface area contributed by atoms with Gasteiger partial charge in [0.2, 0.25) is 0 Å². The molecule has 1 saturated heterocycles. The largest absolute Gasteiger partial charge is 0.277 e. The van der Waals surface area contributed by atoms with Crippen LogP contribution in [-0.4, -0.2) is 27.5 Å². The molecule has 0 aliphatic carbocycles. The molecule has 0 amide bonds. The zero-order valence-electron chi connectivity index (χ0n) is 12.3. The Morgan fingerprint density at radius 3 is 2.81 bits per heavy atom. The van der Waals surface area contributed by atoms with Crippen molar-refractivity contribution in [1.82, 2.24) is 14.7 Å². The second kappa shape index (κ2) is 6.60. The fourth-order valence-corrected chi connectivity index (χ4v) is 4.53. The van der Waals surface area contributed by atoms with Gasteiger partial charge in [-0.3, -0.25) is 4.90 Å². The molecule has 1 aromatic heterocycles. The SMILES string of the molecule is CSc1nn(CN2CCCC2c2ccc(C)cc2)c(=S)s1. The highest BCUT2D eigenvalue weighted by molar-refractivity contribution is 8.00. The van der Waals surface area contributed by atoms with Crippen molar-refractivity contribution in [3.05, 3.63) is 39.3 Å². The summed E-state index contributed by atoms with van der Waals surface area (Å²) in [5.41, 5.74) is 2.72. The molecule has 1 atom stereocenters. The van der Waals surface area contributed by atoms with Crippen molar-refractivity contribution in [3.63, 3.8) is 0 Å². The van der Waals surface area contributed by atoms with Crippen LogP contribution in [-0.2, 0) is 6.67 Å². The summed E-state index contributed by atoms with van der Waals surface area (Å²) >= 11 is 8.69. The Morgan fingerprint density at radius 2 is 2.14 bits per heavy atom. The van der Waals surface area contributed by atoms with Crippen LogP contribution in [0.25, 0.3) is 0 Å². The van der Waals surface area contributed by atoms with Gasteiger partial charge < -0.3 is 0 Å². The maximum absolute atomic E-state index is 5.43. The standard InChI is InChI=1S/C15H19N3S3/c1-11-5-7-12(8-6-11)13-4-3-9-17(13)10-18-15(19)21-14(16-18)20-2/h5-8,13H,3-4,9-10H2,1-2H3. The maximum atomic E-state index is 5.43. The van der Waals surface area contributed by atoms with E-state index in [0.717, 1.165) is 21.5 Å². The Bertz CT molecular complexity index is 660. The highest BCUT2D eigenvalue weighted by Gasteiger charge is 2.26. The molecular formula is C15H19N3S3. The van der Waals surface area contributed by atoms with Crippen molar-refractivity contribution >= 4 is 35.3 Å². The molecule has 0 spiro atoms. The molecule has 21 heavy (non-hydrogen) atoms. The summed E-state index contributed by atoms with van der Waals surface area (Å²) in [6, 6.07) is 9.41. The first-order chi connectivity index (χ1) is 10.2. The summed E-state index contributed by atoms with van der Waals surface area (Å²) in [6.45, 7) is 4.05. The van der Waals surface area contributed by atoms with Crippen LogP contribution in [0, 0.1) is 10.9 Å². The summed E-state index contributed by atoms with van der Waals surface area (Å²) in [4.78, 5) is 2.49. The molecule has 1 fully saturated rings. The molecule has 1 aliphatic rings. The lowest BCUT2D eigenvalue weighted by molar-refractivity contribution is 0.189. The minimum absolute atomic E-state index is 0.493. The Hall–Kier alpha value is -0.690. The number of aryl methyl sites for hydroxylation is 1. The normalized spacial score (nSPS) is 19.2. The molecule has 112 valence electrons. The molecule has 1 unspecified atom stereocenters. The summed E-state index contributed by atoms with van der Waals surface area (Å²) in [5.74, 6) is 0. The minimum Gasteiger partial charge on any atom is -0.277 e. The predicted octanol–water partition coefficient (Wildman–Crippen LogP) is 4.50. The van der Waals surface area contributed by atoms with Gasteiger partial charge in [0.05, 0.1) is 6.67 Å². The van der Waals surface area contributed by atoms with Crippen LogP contribution in [0.1, 0.15) is 30.0 Å². The average Bonchev–Trinajstić information content (AvgIpc) is 3.08. The molecule has 3 nitrogen and oxygen atoms in total. The highest BCUT2D eigenvalue weighted by Crippen LogP contribution is 2.32. The van der Waals surface area contributed by atoms with Gasteiger partial charge in [-0.1, -0.05) is 52.9 Å². The lowest BCUT2D eigenvalue weighted by Gasteiger charge is -2.24. The number of hydrogen-bond donors (Lipinski definition) is 0. The first kappa shape index (κ1) is 15.2. The Morgan fingerprint density at radius 1 is 1.38 bits per heavy atom. The van der Waals surface area contributed by atoms with Gasteiger partial charge in [0.1, 0.15) is 0 Å². The van der Waals surface area contributed by atoms with Gasteiger partial charge in [0.15, 0.2) is 8.29 Å². The molecule has 1 aromatic carbocycles. The summed E-state index contributed by atoms with van der Waals surface area (Å²) in [6.07, 6.45) is 4.50. The molecule has 0 N–H and O–H groups in total.